The van der Waals surface area contributed by atoms with Crippen LogP contribution in [-0.2, 0) is 13.2 Å². The average molecular weight is 372 g/mol. The van der Waals surface area contributed by atoms with Crippen LogP contribution < -0.4 is 19.5 Å². The zero-order valence-corrected chi connectivity index (χ0v) is 14.6. The van der Waals surface area contributed by atoms with Crippen molar-refractivity contribution < 1.29 is 14.2 Å². The highest BCUT2D eigenvalue weighted by Gasteiger charge is 2.14. The molecule has 1 aromatic carbocycles. The van der Waals surface area contributed by atoms with Crippen molar-refractivity contribution in [1.82, 2.24) is 5.32 Å². The van der Waals surface area contributed by atoms with Crippen LogP contribution in [0.1, 0.15) is 10.4 Å². The number of methoxy groups -OCH3 is 2. The fourth-order valence-electron chi connectivity index (χ4n) is 1.96. The van der Waals surface area contributed by atoms with E-state index in [9.17, 15) is 0 Å². The monoisotopic (exact) mass is 371 g/mol. The second-order valence-electron chi connectivity index (χ2n) is 4.35. The molecule has 0 aliphatic heterocycles. The fourth-order valence-corrected chi connectivity index (χ4v) is 3.35. The molecule has 0 aliphatic rings. The zero-order valence-electron chi connectivity index (χ0n) is 12.2. The Morgan fingerprint density at radius 3 is 2.29 bits per heavy atom. The highest BCUT2D eigenvalue weighted by atomic mass is 79.9. The van der Waals surface area contributed by atoms with Crippen LogP contribution in [-0.4, -0.2) is 21.3 Å². The smallest absolute Gasteiger partial charge is 0.203 e. The molecule has 0 spiro atoms. The maximum atomic E-state index is 5.90. The molecule has 1 N–H and O–H groups in total. The molecule has 0 aliphatic carbocycles. The summed E-state index contributed by atoms with van der Waals surface area (Å²) in [6, 6.07) is 7.95. The topological polar surface area (TPSA) is 39.7 Å². The number of thiophene rings is 1. The molecule has 0 unspecified atom stereocenters. The van der Waals surface area contributed by atoms with Crippen LogP contribution in [0, 0.1) is 0 Å². The Labute approximate surface area is 137 Å². The Morgan fingerprint density at radius 1 is 1.14 bits per heavy atom. The van der Waals surface area contributed by atoms with Crippen LogP contribution in [0.5, 0.6) is 17.2 Å². The lowest BCUT2D eigenvalue weighted by Crippen LogP contribution is -2.06. The predicted molar refractivity (Wildman–Crippen MR) is 88.7 cm³/mol. The first-order valence-corrected chi connectivity index (χ1v) is 8.05. The Kier molecular flexibility index (Phi) is 5.90. The van der Waals surface area contributed by atoms with Gasteiger partial charge >= 0.3 is 0 Å². The van der Waals surface area contributed by atoms with Gasteiger partial charge in [0.2, 0.25) is 5.75 Å². The van der Waals surface area contributed by atoms with Crippen molar-refractivity contribution in [2.45, 2.75) is 13.2 Å². The lowest BCUT2D eigenvalue weighted by atomic mass is 10.2. The van der Waals surface area contributed by atoms with Gasteiger partial charge in [-0.3, -0.25) is 0 Å². The van der Waals surface area contributed by atoms with Gasteiger partial charge in [-0.25, -0.2) is 0 Å². The molecule has 0 saturated carbocycles. The minimum Gasteiger partial charge on any atom is -0.493 e. The third-order valence-electron chi connectivity index (χ3n) is 2.89. The highest BCUT2D eigenvalue weighted by molar-refractivity contribution is 9.11. The molecule has 114 valence electrons. The maximum absolute atomic E-state index is 5.90. The first kappa shape index (κ1) is 16.1. The molecule has 6 heteroatoms. The molecule has 1 heterocycles. The van der Waals surface area contributed by atoms with E-state index in [0.29, 0.717) is 23.9 Å². The summed E-state index contributed by atoms with van der Waals surface area (Å²) in [5.74, 6) is 1.98. The Bertz CT molecular complexity index is 575. The number of nitrogens with one attached hydrogen (secondary N) is 1. The summed E-state index contributed by atoms with van der Waals surface area (Å²) in [4.78, 5) is 1.13. The molecular formula is C15H18BrNO3S. The fraction of sp³-hybridized carbons (Fsp3) is 0.333. The Hall–Kier alpha value is -1.24. The number of halogens is 1. The van der Waals surface area contributed by atoms with Gasteiger partial charge in [0.1, 0.15) is 6.61 Å². The molecule has 0 fully saturated rings. The number of rotatable bonds is 7. The van der Waals surface area contributed by atoms with E-state index in [4.69, 9.17) is 14.2 Å². The molecule has 0 radical (unpaired) electrons. The molecule has 0 bridgehead atoms. The lowest BCUT2D eigenvalue weighted by Gasteiger charge is -2.15. The van der Waals surface area contributed by atoms with Gasteiger partial charge in [0.05, 0.1) is 18.0 Å². The van der Waals surface area contributed by atoms with E-state index in [2.05, 4.69) is 21.2 Å². The van der Waals surface area contributed by atoms with E-state index in [1.54, 1.807) is 25.6 Å². The predicted octanol–water partition coefficient (Wildman–Crippen LogP) is 3.83. The van der Waals surface area contributed by atoms with Gasteiger partial charge in [0, 0.05) is 11.4 Å². The van der Waals surface area contributed by atoms with Crippen LogP contribution >= 0.6 is 27.3 Å². The molecule has 4 nitrogen and oxygen atoms in total. The minimum absolute atomic E-state index is 0.481. The summed E-state index contributed by atoms with van der Waals surface area (Å²) in [7, 11) is 5.16. The summed E-state index contributed by atoms with van der Waals surface area (Å²) >= 11 is 5.09. The van der Waals surface area contributed by atoms with Gasteiger partial charge in [0.15, 0.2) is 11.5 Å². The van der Waals surface area contributed by atoms with Crippen LogP contribution in [0.4, 0.5) is 0 Å². The largest absolute Gasteiger partial charge is 0.493 e. The van der Waals surface area contributed by atoms with Crippen molar-refractivity contribution >= 4 is 27.3 Å². The van der Waals surface area contributed by atoms with Gasteiger partial charge in [-0.1, -0.05) is 0 Å². The summed E-state index contributed by atoms with van der Waals surface area (Å²) in [6.45, 7) is 1.22. The normalized spacial score (nSPS) is 10.5. The van der Waals surface area contributed by atoms with Crippen molar-refractivity contribution in [2.75, 3.05) is 21.3 Å². The van der Waals surface area contributed by atoms with Crippen molar-refractivity contribution in [2.24, 2.45) is 0 Å². The van der Waals surface area contributed by atoms with Crippen LogP contribution in [0.3, 0.4) is 0 Å². The third-order valence-corrected chi connectivity index (χ3v) is 4.49. The van der Waals surface area contributed by atoms with Gasteiger partial charge in [-0.2, -0.15) is 0 Å². The van der Waals surface area contributed by atoms with E-state index < -0.39 is 0 Å². The lowest BCUT2D eigenvalue weighted by molar-refractivity contribution is 0.268. The molecule has 2 aromatic rings. The standard InChI is InChI=1S/C15H18BrNO3S/c1-17-8-10-6-12(18-2)15(13(7-10)19-3)20-9-11-4-5-14(16)21-11/h4-7,17H,8-9H2,1-3H3. The summed E-state index contributed by atoms with van der Waals surface area (Å²) < 4.78 is 17.8. The summed E-state index contributed by atoms with van der Waals surface area (Å²) in [6.07, 6.45) is 0. The number of hydrogen-bond donors (Lipinski definition) is 1. The van der Waals surface area contributed by atoms with Crippen molar-refractivity contribution in [3.8, 4) is 17.2 Å². The first-order valence-electron chi connectivity index (χ1n) is 6.44. The van der Waals surface area contributed by atoms with Crippen LogP contribution in [0.2, 0.25) is 0 Å². The van der Waals surface area contributed by atoms with E-state index in [0.717, 1.165) is 20.8 Å². The van der Waals surface area contributed by atoms with Gasteiger partial charge in [-0.05, 0) is 52.8 Å². The quantitative estimate of drug-likeness (QED) is 0.802. The van der Waals surface area contributed by atoms with E-state index in [1.807, 2.05) is 31.3 Å². The Morgan fingerprint density at radius 2 is 1.81 bits per heavy atom. The summed E-state index contributed by atoms with van der Waals surface area (Å²) in [5.41, 5.74) is 1.08. The second-order valence-corrected chi connectivity index (χ2v) is 6.90. The van der Waals surface area contributed by atoms with Crippen molar-refractivity contribution in [3.05, 3.63) is 38.5 Å². The first-order chi connectivity index (χ1) is 10.2. The summed E-state index contributed by atoms with van der Waals surface area (Å²) in [5, 5.41) is 3.11. The average Bonchev–Trinajstić information content (AvgIpc) is 2.90. The molecule has 0 saturated heterocycles. The van der Waals surface area contributed by atoms with Crippen LogP contribution in [0.25, 0.3) is 0 Å². The molecule has 2 rings (SSSR count). The number of benzene rings is 1. The Balaban J connectivity index is 2.23. The van der Waals surface area contributed by atoms with Crippen molar-refractivity contribution in [3.63, 3.8) is 0 Å². The van der Waals surface area contributed by atoms with Crippen molar-refractivity contribution in [1.29, 1.82) is 0 Å². The highest BCUT2D eigenvalue weighted by Crippen LogP contribution is 2.39. The molecule has 1 aromatic heterocycles. The molecule has 21 heavy (non-hydrogen) atoms. The molecular weight excluding hydrogens is 354 g/mol. The third kappa shape index (κ3) is 4.12. The minimum atomic E-state index is 0.481. The zero-order chi connectivity index (χ0) is 15.2. The van der Waals surface area contributed by atoms with Gasteiger partial charge < -0.3 is 19.5 Å². The number of hydrogen-bond acceptors (Lipinski definition) is 5. The molecule has 0 atom stereocenters. The van der Waals surface area contributed by atoms with Gasteiger partial charge in [-0.15, -0.1) is 11.3 Å². The second kappa shape index (κ2) is 7.68. The van der Waals surface area contributed by atoms with Crippen LogP contribution in [0.15, 0.2) is 28.1 Å². The number of ether oxygens (including phenoxy) is 3. The van der Waals surface area contributed by atoms with Gasteiger partial charge in [0.25, 0.3) is 0 Å². The maximum Gasteiger partial charge on any atom is 0.203 e. The molecule has 0 amide bonds. The van der Waals surface area contributed by atoms with E-state index in [-0.39, 0.29) is 0 Å². The SMILES string of the molecule is CNCc1cc(OC)c(OCc2ccc(Br)s2)c(OC)c1. The van der Waals surface area contributed by atoms with E-state index in [1.165, 1.54) is 0 Å². The van der Waals surface area contributed by atoms with E-state index >= 15 is 0 Å².